The maximum atomic E-state index is 12.5. The maximum absolute atomic E-state index is 12.5. The largest absolute Gasteiger partial charge is 0.412 e. The Morgan fingerprint density at radius 2 is 1.02 bits per heavy atom. The van der Waals surface area contributed by atoms with Gasteiger partial charge in [0.15, 0.2) is 0 Å². The molecule has 0 atom stereocenters. The Morgan fingerprint density at radius 1 is 0.604 bits per heavy atom. The molecule has 0 aromatic heterocycles. The number of carbonyl (C=O) groups is 2. The fraction of sp³-hybridized carbons (Fsp3) is 0.263. The maximum Gasteiger partial charge on any atom is 0.412 e. The molecule has 10 nitrogen and oxygen atoms in total. The number of carbonyl (C=O) groups excluding carboxylic acids is 4. The summed E-state index contributed by atoms with van der Waals surface area (Å²) in [5, 5.41) is 5.52. The fourth-order valence-electron chi connectivity index (χ4n) is 6.14. The van der Waals surface area contributed by atoms with Crippen LogP contribution in [0, 0.1) is 0 Å². The highest BCUT2D eigenvalue weighted by atomic mass is 16.6. The number of nitrogens with one attached hydrogen (secondary N) is 2. The Balaban J connectivity index is 1.18. The molecule has 1 fully saturated rings. The molecule has 4 aromatic carbocycles. The topological polar surface area (TPSA) is 136 Å². The molecule has 0 heterocycles. The van der Waals surface area contributed by atoms with Gasteiger partial charge in [-0.05, 0) is 70.5 Å². The van der Waals surface area contributed by atoms with Crippen molar-refractivity contribution in [2.24, 2.45) is 9.98 Å². The lowest BCUT2D eigenvalue weighted by Gasteiger charge is -2.38. The number of hydrogen-bond acceptors (Lipinski definition) is 8. The van der Waals surface area contributed by atoms with Crippen LogP contribution in [0.5, 0.6) is 11.5 Å². The molecule has 0 unspecified atom stereocenters. The molecule has 244 valence electrons. The number of benzene rings is 4. The Hall–Kier alpha value is -5.82. The lowest BCUT2D eigenvalue weighted by atomic mass is 9.65. The molecule has 1 saturated carbocycles. The Kier molecular flexibility index (Phi) is 11.6. The average molecular weight is 645 g/mol. The zero-order valence-electron chi connectivity index (χ0n) is 26.4. The number of rotatable bonds is 12. The van der Waals surface area contributed by atoms with Crippen LogP contribution >= 0.6 is 0 Å². The molecule has 10 heteroatoms. The Morgan fingerprint density at radius 3 is 1.44 bits per heavy atom. The third kappa shape index (κ3) is 9.13. The predicted octanol–water partition coefficient (Wildman–Crippen LogP) is 7.19. The van der Waals surface area contributed by atoms with Crippen LogP contribution in [0.2, 0.25) is 0 Å². The van der Waals surface area contributed by atoms with Crippen LogP contribution in [0.15, 0.2) is 107 Å². The van der Waals surface area contributed by atoms with E-state index in [0.717, 1.165) is 59.1 Å². The van der Waals surface area contributed by atoms with Gasteiger partial charge in [0, 0.05) is 18.5 Å². The molecule has 0 saturated heterocycles. The van der Waals surface area contributed by atoms with E-state index in [2.05, 4.69) is 20.6 Å². The van der Waals surface area contributed by atoms with Gasteiger partial charge in [-0.15, -0.1) is 0 Å². The highest BCUT2D eigenvalue weighted by Gasteiger charge is 2.35. The van der Waals surface area contributed by atoms with Crippen molar-refractivity contribution in [3.8, 4) is 11.5 Å². The van der Waals surface area contributed by atoms with E-state index in [-0.39, 0.29) is 31.6 Å². The van der Waals surface area contributed by atoms with E-state index in [1.54, 1.807) is 0 Å². The predicted molar refractivity (Wildman–Crippen MR) is 179 cm³/mol. The molecule has 2 amide bonds. The standard InChI is InChI=1S/C38H36N4O6/c43-26-39-22-28-6-4-8-30(20-28)24-41-36(45)47-34-14-10-32(11-15-34)38(18-2-1-3-19-38)33-12-16-35(17-13-33)48-37(46)42-25-31-9-5-7-29(21-31)23-40-27-44/h4-17,20-21H,1-3,18-19,22-25H2,(H,41,45)(H,42,46). The van der Waals surface area contributed by atoms with Crippen molar-refractivity contribution in [2.75, 3.05) is 0 Å². The molecular weight excluding hydrogens is 608 g/mol. The lowest BCUT2D eigenvalue weighted by Crippen LogP contribution is -2.30. The summed E-state index contributed by atoms with van der Waals surface area (Å²) in [4.78, 5) is 53.0. The van der Waals surface area contributed by atoms with Gasteiger partial charge >= 0.3 is 12.2 Å². The number of amides is 2. The zero-order chi connectivity index (χ0) is 33.6. The first-order valence-electron chi connectivity index (χ1n) is 15.8. The molecule has 4 aromatic rings. The SMILES string of the molecule is O=C=NCc1cccc(CNC(=O)Oc2ccc(C3(c4ccc(OC(=O)NCc5cccc(CN=C=O)c5)cc4)CCCCC3)cc2)c1. The quantitative estimate of drug-likeness (QED) is 0.124. The summed E-state index contributed by atoms with van der Waals surface area (Å²) in [5.74, 6) is 0.875. The van der Waals surface area contributed by atoms with Gasteiger partial charge in [-0.1, -0.05) is 92.1 Å². The Labute approximate surface area is 278 Å². The summed E-state index contributed by atoms with van der Waals surface area (Å²) in [6.45, 7) is 1.02. The minimum Gasteiger partial charge on any atom is -0.410 e. The first kappa shape index (κ1) is 33.5. The van der Waals surface area contributed by atoms with Gasteiger partial charge in [-0.2, -0.15) is 0 Å². The first-order valence-corrected chi connectivity index (χ1v) is 15.8. The molecule has 48 heavy (non-hydrogen) atoms. The van der Waals surface area contributed by atoms with Crippen molar-refractivity contribution in [3.05, 3.63) is 130 Å². The van der Waals surface area contributed by atoms with E-state index in [1.807, 2.05) is 97.1 Å². The van der Waals surface area contributed by atoms with Gasteiger partial charge in [-0.3, -0.25) is 0 Å². The summed E-state index contributed by atoms with van der Waals surface area (Å²) in [6, 6.07) is 30.2. The molecular formula is C38H36N4O6. The first-order chi connectivity index (χ1) is 23.5. The second-order valence-electron chi connectivity index (χ2n) is 11.6. The van der Waals surface area contributed by atoms with Crippen LogP contribution in [0.1, 0.15) is 65.5 Å². The van der Waals surface area contributed by atoms with Crippen LogP contribution in [0.3, 0.4) is 0 Å². The van der Waals surface area contributed by atoms with E-state index >= 15 is 0 Å². The van der Waals surface area contributed by atoms with Crippen molar-refractivity contribution in [1.29, 1.82) is 0 Å². The Bertz CT molecular complexity index is 1680. The van der Waals surface area contributed by atoms with Crippen molar-refractivity contribution in [2.45, 2.75) is 63.7 Å². The third-order valence-corrected chi connectivity index (χ3v) is 8.45. The smallest absolute Gasteiger partial charge is 0.410 e. The third-order valence-electron chi connectivity index (χ3n) is 8.45. The highest BCUT2D eigenvalue weighted by molar-refractivity contribution is 5.71. The monoisotopic (exact) mass is 644 g/mol. The molecule has 1 aliphatic carbocycles. The second kappa shape index (κ2) is 16.7. The van der Waals surface area contributed by atoms with Crippen molar-refractivity contribution < 1.29 is 28.7 Å². The number of aliphatic imine (C=N–C) groups is 2. The normalized spacial score (nSPS) is 13.2. The second-order valence-corrected chi connectivity index (χ2v) is 11.6. The molecule has 0 aliphatic heterocycles. The van der Waals surface area contributed by atoms with Crippen molar-refractivity contribution in [1.82, 2.24) is 10.6 Å². The lowest BCUT2D eigenvalue weighted by molar-refractivity contribution is 0.199. The fourth-order valence-corrected chi connectivity index (χ4v) is 6.14. The zero-order valence-corrected chi connectivity index (χ0v) is 26.4. The van der Waals surface area contributed by atoms with Crippen LogP contribution in [-0.4, -0.2) is 24.3 Å². The number of isocyanates is 2. The summed E-state index contributed by atoms with van der Waals surface area (Å²) in [5.41, 5.74) is 5.49. The average Bonchev–Trinajstić information content (AvgIpc) is 3.12. The van der Waals surface area contributed by atoms with Crippen LogP contribution in [-0.2, 0) is 41.2 Å². The summed E-state index contributed by atoms with van der Waals surface area (Å²) < 4.78 is 11.1. The van der Waals surface area contributed by atoms with E-state index in [0.29, 0.717) is 11.5 Å². The van der Waals surface area contributed by atoms with Crippen LogP contribution in [0.25, 0.3) is 0 Å². The molecule has 1 aliphatic rings. The van der Waals surface area contributed by atoms with E-state index in [4.69, 9.17) is 9.47 Å². The molecule has 5 rings (SSSR count). The molecule has 0 spiro atoms. The summed E-state index contributed by atoms with van der Waals surface area (Å²) in [7, 11) is 0. The summed E-state index contributed by atoms with van der Waals surface area (Å²) >= 11 is 0. The molecule has 0 bridgehead atoms. The van der Waals surface area contributed by atoms with Crippen molar-refractivity contribution >= 4 is 24.3 Å². The minimum absolute atomic E-state index is 0.211. The van der Waals surface area contributed by atoms with E-state index in [9.17, 15) is 19.2 Å². The van der Waals surface area contributed by atoms with Gasteiger partial charge in [0.2, 0.25) is 12.2 Å². The van der Waals surface area contributed by atoms with Gasteiger partial charge in [0.1, 0.15) is 11.5 Å². The number of nitrogens with zero attached hydrogens (tertiary/aromatic N) is 2. The van der Waals surface area contributed by atoms with Gasteiger partial charge in [-0.25, -0.2) is 29.2 Å². The van der Waals surface area contributed by atoms with Gasteiger partial charge < -0.3 is 20.1 Å². The minimum atomic E-state index is -0.566. The van der Waals surface area contributed by atoms with Crippen LogP contribution < -0.4 is 20.1 Å². The summed E-state index contributed by atoms with van der Waals surface area (Å²) in [6.07, 6.45) is 7.23. The number of hydrogen-bond donors (Lipinski definition) is 2. The molecule has 0 radical (unpaired) electrons. The van der Waals surface area contributed by atoms with E-state index < -0.39 is 12.2 Å². The van der Waals surface area contributed by atoms with Gasteiger partial charge in [0.25, 0.3) is 0 Å². The van der Waals surface area contributed by atoms with Crippen molar-refractivity contribution in [3.63, 3.8) is 0 Å². The van der Waals surface area contributed by atoms with Crippen LogP contribution in [0.4, 0.5) is 9.59 Å². The highest BCUT2D eigenvalue weighted by Crippen LogP contribution is 2.45. The van der Waals surface area contributed by atoms with E-state index in [1.165, 1.54) is 18.6 Å². The molecule has 2 N–H and O–H groups in total. The van der Waals surface area contributed by atoms with Gasteiger partial charge in [0.05, 0.1) is 13.1 Å². The number of ether oxygens (including phenoxy) is 2.